The highest BCUT2D eigenvalue weighted by Crippen LogP contribution is 2.30. The van der Waals surface area contributed by atoms with Crippen molar-refractivity contribution in [2.45, 2.75) is 17.8 Å². The number of aromatic nitrogens is 3. The van der Waals surface area contributed by atoms with Crippen molar-refractivity contribution in [2.75, 3.05) is 4.90 Å². The van der Waals surface area contributed by atoms with Crippen LogP contribution in [0.25, 0.3) is 10.2 Å². The smallest absolute Gasteiger partial charge is 0.260 e. The SMILES string of the molecule is CC(=O)N(c1ccccc1)c1nc(CSc2nc3sccc3c(=O)[nH]2)cs1. The van der Waals surface area contributed by atoms with Gasteiger partial charge in [0.2, 0.25) is 5.91 Å². The number of thiazole rings is 1. The van der Waals surface area contributed by atoms with E-state index < -0.39 is 0 Å². The van der Waals surface area contributed by atoms with Gasteiger partial charge in [-0.05, 0) is 23.6 Å². The standard InChI is InChI=1S/C18H14N4O2S3/c1-11(23)22(13-5-3-2-4-6-13)18-19-12(10-27-18)9-26-17-20-15(24)14-7-8-25-16(14)21-17/h2-8,10H,9H2,1H3,(H,20,21,24). The van der Waals surface area contributed by atoms with Crippen molar-refractivity contribution >= 4 is 61.4 Å². The Hall–Kier alpha value is -2.49. The Kier molecular flexibility index (Phi) is 5.06. The first-order chi connectivity index (χ1) is 13.1. The van der Waals surface area contributed by atoms with E-state index in [9.17, 15) is 9.59 Å². The van der Waals surface area contributed by atoms with E-state index in [1.165, 1.54) is 41.4 Å². The lowest BCUT2D eigenvalue weighted by molar-refractivity contribution is -0.115. The zero-order valence-corrected chi connectivity index (χ0v) is 16.7. The molecule has 0 aliphatic heterocycles. The minimum atomic E-state index is -0.130. The number of hydrogen-bond acceptors (Lipinski definition) is 7. The number of carbonyl (C=O) groups is 1. The molecule has 0 aliphatic rings. The number of hydrogen-bond donors (Lipinski definition) is 1. The first-order valence-corrected chi connectivity index (χ1v) is 10.8. The summed E-state index contributed by atoms with van der Waals surface area (Å²) in [5, 5.41) is 5.58. The first kappa shape index (κ1) is 17.9. The molecule has 0 spiro atoms. The molecule has 0 radical (unpaired) electrons. The quantitative estimate of drug-likeness (QED) is 0.386. The summed E-state index contributed by atoms with van der Waals surface area (Å²) in [7, 11) is 0. The molecule has 0 atom stereocenters. The Morgan fingerprint density at radius 1 is 1.19 bits per heavy atom. The lowest BCUT2D eigenvalue weighted by Gasteiger charge is -2.17. The summed E-state index contributed by atoms with van der Waals surface area (Å²) < 4.78 is 0. The first-order valence-electron chi connectivity index (χ1n) is 8.02. The van der Waals surface area contributed by atoms with Gasteiger partial charge < -0.3 is 4.98 Å². The van der Waals surface area contributed by atoms with E-state index in [0.717, 1.165) is 16.2 Å². The van der Waals surface area contributed by atoms with E-state index >= 15 is 0 Å². The number of aromatic amines is 1. The van der Waals surface area contributed by atoms with E-state index in [0.29, 0.717) is 21.4 Å². The van der Waals surface area contributed by atoms with Crippen LogP contribution in [0.3, 0.4) is 0 Å². The van der Waals surface area contributed by atoms with Crippen molar-refractivity contribution in [2.24, 2.45) is 0 Å². The van der Waals surface area contributed by atoms with Crippen LogP contribution in [0.15, 0.2) is 57.1 Å². The maximum atomic E-state index is 12.1. The summed E-state index contributed by atoms with van der Waals surface area (Å²) in [5.74, 6) is 0.459. The molecule has 0 bridgehead atoms. The normalized spacial score (nSPS) is 11.0. The van der Waals surface area contributed by atoms with Gasteiger partial charge in [0.05, 0.1) is 16.8 Å². The number of anilines is 2. The van der Waals surface area contributed by atoms with Crippen LogP contribution in [0.5, 0.6) is 0 Å². The molecule has 0 saturated carbocycles. The highest BCUT2D eigenvalue weighted by molar-refractivity contribution is 7.98. The van der Waals surface area contributed by atoms with Gasteiger partial charge in [0.1, 0.15) is 4.83 Å². The molecule has 136 valence electrons. The molecular weight excluding hydrogens is 400 g/mol. The number of para-hydroxylation sites is 1. The molecule has 0 saturated heterocycles. The third-order valence-corrected chi connectivity index (χ3v) is 6.32. The summed E-state index contributed by atoms with van der Waals surface area (Å²) in [6.07, 6.45) is 0. The third kappa shape index (κ3) is 3.80. The molecular formula is C18H14N4O2S3. The Morgan fingerprint density at radius 3 is 2.78 bits per heavy atom. The Morgan fingerprint density at radius 2 is 2.00 bits per heavy atom. The van der Waals surface area contributed by atoms with Crippen LogP contribution in [0.1, 0.15) is 12.6 Å². The number of thioether (sulfide) groups is 1. The van der Waals surface area contributed by atoms with Gasteiger partial charge in [-0.25, -0.2) is 9.97 Å². The van der Waals surface area contributed by atoms with Crippen LogP contribution in [0, 0.1) is 0 Å². The molecule has 6 nitrogen and oxygen atoms in total. The lowest BCUT2D eigenvalue weighted by atomic mass is 10.3. The highest BCUT2D eigenvalue weighted by Gasteiger charge is 2.17. The van der Waals surface area contributed by atoms with Crippen LogP contribution < -0.4 is 10.5 Å². The van der Waals surface area contributed by atoms with E-state index in [1.807, 2.05) is 41.1 Å². The molecule has 0 unspecified atom stereocenters. The third-order valence-electron chi connectivity index (χ3n) is 3.73. The second kappa shape index (κ2) is 7.63. The van der Waals surface area contributed by atoms with Gasteiger partial charge in [0, 0.05) is 18.1 Å². The van der Waals surface area contributed by atoms with E-state index in [-0.39, 0.29) is 11.5 Å². The zero-order valence-electron chi connectivity index (χ0n) is 14.2. The zero-order chi connectivity index (χ0) is 18.8. The number of amides is 1. The second-order valence-corrected chi connectivity index (χ2v) is 8.31. The number of nitrogens with one attached hydrogen (secondary N) is 1. The van der Waals surface area contributed by atoms with Crippen LogP contribution in [0.2, 0.25) is 0 Å². The van der Waals surface area contributed by atoms with Gasteiger partial charge in [-0.2, -0.15) is 0 Å². The van der Waals surface area contributed by atoms with Gasteiger partial charge >= 0.3 is 0 Å². The molecule has 27 heavy (non-hydrogen) atoms. The Balaban J connectivity index is 1.53. The number of H-pyrrole nitrogens is 1. The minimum absolute atomic E-state index is 0.0936. The van der Waals surface area contributed by atoms with Gasteiger partial charge in [-0.3, -0.25) is 14.5 Å². The number of fused-ring (bicyclic) bond motifs is 1. The molecule has 4 rings (SSSR count). The average molecular weight is 415 g/mol. The molecule has 3 aromatic heterocycles. The van der Waals surface area contributed by atoms with Crippen molar-refractivity contribution in [3.63, 3.8) is 0 Å². The monoisotopic (exact) mass is 414 g/mol. The van der Waals surface area contributed by atoms with Crippen molar-refractivity contribution < 1.29 is 4.79 Å². The van der Waals surface area contributed by atoms with Crippen LogP contribution in [-0.4, -0.2) is 20.9 Å². The lowest BCUT2D eigenvalue weighted by Crippen LogP contribution is -2.22. The largest absolute Gasteiger partial charge is 0.301 e. The van der Waals surface area contributed by atoms with Crippen molar-refractivity contribution in [3.8, 4) is 0 Å². The number of nitrogens with zero attached hydrogens (tertiary/aromatic N) is 3. The fourth-order valence-corrected chi connectivity index (χ4v) is 5.09. The average Bonchev–Trinajstić information content (AvgIpc) is 3.30. The Labute approximate surface area is 166 Å². The number of rotatable bonds is 5. The summed E-state index contributed by atoms with van der Waals surface area (Å²) in [4.78, 5) is 38.3. The molecule has 3 heterocycles. The van der Waals surface area contributed by atoms with E-state index in [4.69, 9.17) is 0 Å². The predicted octanol–water partition coefficient (Wildman–Crippen LogP) is 4.42. The molecule has 1 N–H and O–H groups in total. The van der Waals surface area contributed by atoms with Crippen molar-refractivity contribution in [3.05, 3.63) is 63.2 Å². The van der Waals surface area contributed by atoms with Gasteiger partial charge in [0.15, 0.2) is 10.3 Å². The number of carbonyl (C=O) groups excluding carboxylic acids is 1. The van der Waals surface area contributed by atoms with Crippen molar-refractivity contribution in [1.29, 1.82) is 0 Å². The number of benzene rings is 1. The molecule has 0 aliphatic carbocycles. The van der Waals surface area contributed by atoms with Crippen molar-refractivity contribution in [1.82, 2.24) is 15.0 Å². The van der Waals surface area contributed by atoms with Gasteiger partial charge in [0.25, 0.3) is 5.56 Å². The molecule has 0 fully saturated rings. The van der Waals surface area contributed by atoms with Crippen LogP contribution >= 0.6 is 34.4 Å². The van der Waals surface area contributed by atoms with Gasteiger partial charge in [-0.1, -0.05) is 30.0 Å². The Bertz CT molecular complexity index is 1150. The molecule has 4 aromatic rings. The fraction of sp³-hybridized carbons (Fsp3) is 0.111. The van der Waals surface area contributed by atoms with Gasteiger partial charge in [-0.15, -0.1) is 22.7 Å². The van der Waals surface area contributed by atoms with E-state index in [2.05, 4.69) is 15.0 Å². The minimum Gasteiger partial charge on any atom is -0.301 e. The summed E-state index contributed by atoms with van der Waals surface area (Å²) in [6, 6.07) is 11.2. The summed E-state index contributed by atoms with van der Waals surface area (Å²) in [5.41, 5.74) is 1.48. The summed E-state index contributed by atoms with van der Waals surface area (Å²) in [6.45, 7) is 1.52. The van der Waals surface area contributed by atoms with Crippen LogP contribution in [0.4, 0.5) is 10.8 Å². The second-order valence-electron chi connectivity index (χ2n) is 5.61. The topological polar surface area (TPSA) is 79.0 Å². The van der Waals surface area contributed by atoms with Crippen LogP contribution in [-0.2, 0) is 10.5 Å². The maximum Gasteiger partial charge on any atom is 0.260 e. The molecule has 1 amide bonds. The number of thiophene rings is 1. The summed E-state index contributed by atoms with van der Waals surface area (Å²) >= 11 is 4.27. The highest BCUT2D eigenvalue weighted by atomic mass is 32.2. The predicted molar refractivity (Wildman–Crippen MR) is 111 cm³/mol. The molecule has 9 heteroatoms. The van der Waals surface area contributed by atoms with E-state index in [1.54, 1.807) is 11.0 Å². The maximum absolute atomic E-state index is 12.1. The molecule has 1 aromatic carbocycles. The fourth-order valence-electron chi connectivity index (χ4n) is 2.53.